The topological polar surface area (TPSA) is 366 Å². The third kappa shape index (κ3) is 16.3. The fourth-order valence-corrected chi connectivity index (χ4v) is 5.96. The number of carbonyl (C=O) groups is 7. The van der Waals surface area contributed by atoms with Crippen LogP contribution in [0.2, 0.25) is 0 Å². The smallest absolute Gasteiger partial charge is 0.245 e. The average Bonchev–Trinajstić information content (AvgIpc) is 3.14. The zero-order valence-electron chi connectivity index (χ0n) is 32.8. The Bertz CT molecular complexity index is 1540. The summed E-state index contributed by atoms with van der Waals surface area (Å²) in [7, 11) is 0. The normalized spacial score (nSPS) is 25.8. The first kappa shape index (κ1) is 47.8. The van der Waals surface area contributed by atoms with Gasteiger partial charge >= 0.3 is 0 Å². The average molecular weight is 804 g/mol. The summed E-state index contributed by atoms with van der Waals surface area (Å²) in [5.74, 6) is -6.14. The van der Waals surface area contributed by atoms with E-state index in [2.05, 4.69) is 42.2 Å². The number of hydrogen-bond donors (Lipinski definition) is 13. The first-order valence-corrected chi connectivity index (χ1v) is 19.0. The van der Waals surface area contributed by atoms with E-state index < -0.39 is 95.7 Å². The van der Waals surface area contributed by atoms with Gasteiger partial charge in [0.25, 0.3) is 0 Å². The minimum absolute atomic E-state index is 0.00963. The summed E-state index contributed by atoms with van der Waals surface area (Å²) in [6.45, 7) is 4.50. The van der Waals surface area contributed by atoms with Crippen LogP contribution in [0.5, 0.6) is 0 Å². The molecule has 0 bridgehead atoms. The first-order valence-electron chi connectivity index (χ1n) is 19.0. The van der Waals surface area contributed by atoms with Gasteiger partial charge in [0.2, 0.25) is 41.4 Å². The standard InChI is InChI=1S/C36H61N13O8/c1-19(2)17-26-33(55)45-22(9-13-37)29(51)44-24(11-15-39)32(54)49-28(20(3)50)35(57)42-16-12-25(48-36(40)41)31(53)43-23(10-14-38)30(52)47-27(34(56)46-26)18-21-7-5-4-6-8-21/h4-8,19-20,22-28,50H,9-18,37-39H2,1-3H3,(H,42,57)(H,43,53)(H,44,51)(H,45,55)(H,46,56)(H,47,52)(H,49,54)(H4,40,41,48)/t20-,22+,23+,24+,25+,26+,27-,28+/m1/s1. The quantitative estimate of drug-likeness (QED) is 0.0695. The number of aliphatic hydroxyl groups excluding tert-OH is 1. The maximum Gasteiger partial charge on any atom is 0.245 e. The number of guanidine groups is 1. The van der Waals surface area contributed by atoms with Crippen LogP contribution in [0.25, 0.3) is 0 Å². The lowest BCUT2D eigenvalue weighted by atomic mass is 10.00. The Morgan fingerprint density at radius 1 is 0.649 bits per heavy atom. The van der Waals surface area contributed by atoms with E-state index in [0.717, 1.165) is 0 Å². The molecule has 318 valence electrons. The van der Waals surface area contributed by atoms with E-state index >= 15 is 0 Å². The Morgan fingerprint density at radius 2 is 1.09 bits per heavy atom. The second kappa shape index (κ2) is 24.3. The summed E-state index contributed by atoms with van der Waals surface area (Å²) in [6, 6.07) is -0.375. The first-order chi connectivity index (χ1) is 27.0. The zero-order chi connectivity index (χ0) is 42.7. The number of rotatable bonds is 12. The number of nitrogens with one attached hydrogen (secondary N) is 7. The summed E-state index contributed by atoms with van der Waals surface area (Å²) in [5, 5.41) is 28.5. The molecule has 0 unspecified atom stereocenters. The molecule has 21 nitrogen and oxygen atoms in total. The highest BCUT2D eigenvalue weighted by Gasteiger charge is 2.35. The van der Waals surface area contributed by atoms with Gasteiger partial charge in [0.05, 0.1) is 6.10 Å². The van der Waals surface area contributed by atoms with Crippen molar-refractivity contribution in [2.75, 3.05) is 26.2 Å². The highest BCUT2D eigenvalue weighted by Crippen LogP contribution is 2.11. The van der Waals surface area contributed by atoms with Gasteiger partial charge in [-0.3, -0.25) is 33.6 Å². The Balaban J connectivity index is 2.66. The molecule has 21 heteroatoms. The molecule has 18 N–H and O–H groups in total. The molecule has 0 aliphatic carbocycles. The van der Waals surface area contributed by atoms with E-state index in [1.807, 2.05) is 13.8 Å². The molecule has 7 amide bonds. The van der Waals surface area contributed by atoms with Gasteiger partial charge in [-0.05, 0) is 70.1 Å². The summed E-state index contributed by atoms with van der Waals surface area (Å²) in [6.07, 6.45) is -1.71. The molecular weight excluding hydrogens is 742 g/mol. The van der Waals surface area contributed by atoms with E-state index in [9.17, 15) is 38.7 Å². The Morgan fingerprint density at radius 3 is 1.56 bits per heavy atom. The lowest BCUT2D eigenvalue weighted by Crippen LogP contribution is -2.61. The number of hydrogen-bond acceptors (Lipinski definition) is 12. The monoisotopic (exact) mass is 803 g/mol. The molecule has 1 aliphatic rings. The van der Waals surface area contributed by atoms with Crippen LogP contribution in [0, 0.1) is 5.92 Å². The maximum absolute atomic E-state index is 14.0. The van der Waals surface area contributed by atoms with E-state index in [-0.39, 0.29) is 70.6 Å². The van der Waals surface area contributed by atoms with Gasteiger partial charge in [0, 0.05) is 13.0 Å². The van der Waals surface area contributed by atoms with Crippen molar-refractivity contribution in [3.63, 3.8) is 0 Å². The summed E-state index contributed by atoms with van der Waals surface area (Å²) >= 11 is 0. The van der Waals surface area contributed by atoms with E-state index in [4.69, 9.17) is 28.7 Å². The fourth-order valence-electron chi connectivity index (χ4n) is 5.96. The molecule has 2 rings (SSSR count). The minimum Gasteiger partial charge on any atom is -0.391 e. The van der Waals surface area contributed by atoms with Crippen LogP contribution in [0.4, 0.5) is 0 Å². The minimum atomic E-state index is -1.52. The number of nitrogens with zero attached hydrogens (tertiary/aromatic N) is 1. The predicted octanol–water partition coefficient (Wildman–Crippen LogP) is -5.23. The van der Waals surface area contributed by atoms with Crippen molar-refractivity contribution in [2.45, 2.75) is 108 Å². The molecule has 1 fully saturated rings. The molecule has 1 aliphatic heterocycles. The number of amides is 7. The Labute approximate surface area is 332 Å². The van der Waals surface area contributed by atoms with Crippen LogP contribution >= 0.6 is 0 Å². The van der Waals surface area contributed by atoms with Gasteiger partial charge in [-0.25, -0.2) is 4.99 Å². The largest absolute Gasteiger partial charge is 0.391 e. The zero-order valence-corrected chi connectivity index (χ0v) is 32.8. The second-order valence-corrected chi connectivity index (χ2v) is 14.2. The van der Waals surface area contributed by atoms with Gasteiger partial charge in [-0.15, -0.1) is 0 Å². The van der Waals surface area contributed by atoms with Crippen molar-refractivity contribution in [3.05, 3.63) is 35.9 Å². The molecule has 0 aromatic heterocycles. The lowest BCUT2D eigenvalue weighted by Gasteiger charge is -2.28. The highest BCUT2D eigenvalue weighted by atomic mass is 16.3. The van der Waals surface area contributed by atoms with Crippen molar-refractivity contribution in [3.8, 4) is 0 Å². The van der Waals surface area contributed by atoms with Gasteiger partial charge < -0.3 is 71.0 Å². The molecule has 0 saturated carbocycles. The third-order valence-electron chi connectivity index (χ3n) is 8.91. The second-order valence-electron chi connectivity index (χ2n) is 14.2. The van der Waals surface area contributed by atoms with Crippen molar-refractivity contribution < 1.29 is 38.7 Å². The van der Waals surface area contributed by atoms with E-state index in [1.165, 1.54) is 6.92 Å². The van der Waals surface area contributed by atoms with Crippen LogP contribution in [0.15, 0.2) is 35.3 Å². The molecule has 0 spiro atoms. The molecule has 1 saturated heterocycles. The van der Waals surface area contributed by atoms with Crippen LogP contribution < -0.4 is 65.9 Å². The number of aliphatic hydroxyl groups is 1. The number of nitrogens with two attached hydrogens (primary N) is 5. The molecule has 57 heavy (non-hydrogen) atoms. The van der Waals surface area contributed by atoms with Crippen molar-refractivity contribution in [2.24, 2.45) is 39.6 Å². The fraction of sp³-hybridized carbons (Fsp3) is 0.611. The summed E-state index contributed by atoms with van der Waals surface area (Å²) in [5.41, 5.74) is 29.2. The van der Waals surface area contributed by atoms with Crippen molar-refractivity contribution >= 4 is 47.3 Å². The SMILES string of the molecule is CC(C)C[C@@H]1NC(=O)[C@@H](Cc2ccccc2)NC(=O)[C@H](CCN)NC(=O)[C@@H](N=C(N)N)CCNC(=O)[C@H]([C@@H](C)O)NC(=O)[C@H](CCN)NC(=O)[C@H](CCN)NC1=O. The molecule has 1 aromatic carbocycles. The molecule has 8 atom stereocenters. The number of aliphatic imine (C=N–C) groups is 1. The van der Waals surface area contributed by atoms with Crippen molar-refractivity contribution in [1.29, 1.82) is 0 Å². The summed E-state index contributed by atoms with van der Waals surface area (Å²) < 4.78 is 0. The molecule has 1 heterocycles. The third-order valence-corrected chi connectivity index (χ3v) is 8.91. The van der Waals surface area contributed by atoms with E-state index in [1.54, 1.807) is 30.3 Å². The number of carbonyl (C=O) groups excluding carboxylic acids is 7. The van der Waals surface area contributed by atoms with Crippen LogP contribution in [-0.4, -0.2) is 127 Å². The molecule has 0 radical (unpaired) electrons. The molecule has 1 aromatic rings. The predicted molar refractivity (Wildman–Crippen MR) is 211 cm³/mol. The number of benzene rings is 1. The van der Waals surface area contributed by atoms with Gasteiger partial charge in [-0.1, -0.05) is 44.2 Å². The van der Waals surface area contributed by atoms with Gasteiger partial charge in [0.1, 0.15) is 42.3 Å². The Kier molecular flexibility index (Phi) is 20.4. The van der Waals surface area contributed by atoms with Crippen molar-refractivity contribution in [1.82, 2.24) is 37.2 Å². The lowest BCUT2D eigenvalue weighted by molar-refractivity contribution is -0.136. The van der Waals surface area contributed by atoms with E-state index in [0.29, 0.717) is 5.56 Å². The highest BCUT2D eigenvalue weighted by molar-refractivity contribution is 5.97. The van der Waals surface area contributed by atoms with Crippen LogP contribution in [0.3, 0.4) is 0 Å². The maximum atomic E-state index is 14.0. The Hall–Kier alpha value is -5.38. The van der Waals surface area contributed by atoms with Crippen LogP contribution in [-0.2, 0) is 40.0 Å². The van der Waals surface area contributed by atoms with Gasteiger partial charge in [-0.2, -0.15) is 0 Å². The van der Waals surface area contributed by atoms with Crippen LogP contribution in [0.1, 0.15) is 58.4 Å². The molecular formula is C36H61N13O8. The summed E-state index contributed by atoms with van der Waals surface area (Å²) in [4.78, 5) is 99.5. The van der Waals surface area contributed by atoms with Gasteiger partial charge in [0.15, 0.2) is 5.96 Å².